The van der Waals surface area contributed by atoms with E-state index in [0.717, 1.165) is 16.4 Å². The summed E-state index contributed by atoms with van der Waals surface area (Å²) in [7, 11) is 1.85. The second-order valence-corrected chi connectivity index (χ2v) is 3.58. The Hall–Kier alpha value is -0.680. The van der Waals surface area contributed by atoms with E-state index < -0.39 is 0 Å². The first kappa shape index (κ1) is 9.41. The lowest BCUT2D eigenvalue weighted by atomic mass is 10.4. The van der Waals surface area contributed by atoms with E-state index in [-0.39, 0.29) is 6.61 Å². The Morgan fingerprint density at radius 1 is 1.67 bits per heavy atom. The highest BCUT2D eigenvalue weighted by molar-refractivity contribution is 7.99. The van der Waals surface area contributed by atoms with Gasteiger partial charge in [0.2, 0.25) is 0 Å². The number of thioether (sulfide) groups is 1. The van der Waals surface area contributed by atoms with Crippen molar-refractivity contribution in [2.24, 2.45) is 7.05 Å². The van der Waals surface area contributed by atoms with Crippen molar-refractivity contribution in [1.82, 2.24) is 9.78 Å². The fourth-order valence-corrected chi connectivity index (χ4v) is 1.78. The molecular formula is C7H13N3OS. The number of nitrogen functional groups attached to an aromatic ring is 1. The van der Waals surface area contributed by atoms with Crippen molar-refractivity contribution in [3.63, 3.8) is 0 Å². The standard InChI is InChI=1S/C7H13N3OS/c1-5-6(8)7(10(2)9-5)12-4-3-11/h11H,3-4,8H2,1-2H3. The number of anilines is 1. The van der Waals surface area contributed by atoms with E-state index in [9.17, 15) is 0 Å². The van der Waals surface area contributed by atoms with Crippen LogP contribution in [0.3, 0.4) is 0 Å². The Kier molecular flexibility index (Phi) is 2.99. The Balaban J connectivity index is 2.82. The molecule has 0 aliphatic carbocycles. The van der Waals surface area contributed by atoms with Crippen LogP contribution < -0.4 is 5.73 Å². The maximum absolute atomic E-state index is 8.62. The summed E-state index contributed by atoms with van der Waals surface area (Å²) in [6, 6.07) is 0. The van der Waals surface area contributed by atoms with Gasteiger partial charge in [-0.3, -0.25) is 4.68 Å². The molecule has 0 saturated carbocycles. The molecular weight excluding hydrogens is 174 g/mol. The van der Waals surface area contributed by atoms with Gasteiger partial charge in [0.1, 0.15) is 5.03 Å². The van der Waals surface area contributed by atoms with Crippen molar-refractivity contribution < 1.29 is 5.11 Å². The van der Waals surface area contributed by atoms with Crippen LogP contribution >= 0.6 is 11.8 Å². The summed E-state index contributed by atoms with van der Waals surface area (Å²) in [6.07, 6.45) is 0. The van der Waals surface area contributed by atoms with E-state index in [1.54, 1.807) is 4.68 Å². The molecule has 4 nitrogen and oxygen atoms in total. The third-order valence-electron chi connectivity index (χ3n) is 1.54. The Bertz CT molecular complexity index is 272. The summed E-state index contributed by atoms with van der Waals surface area (Å²) < 4.78 is 1.74. The molecule has 0 atom stereocenters. The number of hydrogen-bond acceptors (Lipinski definition) is 4. The largest absolute Gasteiger partial charge is 0.396 e. The molecule has 0 aromatic carbocycles. The molecule has 0 aliphatic heterocycles. The minimum absolute atomic E-state index is 0.161. The van der Waals surface area contributed by atoms with E-state index in [2.05, 4.69) is 5.10 Å². The molecule has 0 unspecified atom stereocenters. The van der Waals surface area contributed by atoms with Gasteiger partial charge in [-0.15, -0.1) is 11.8 Å². The number of nitrogens with zero attached hydrogens (tertiary/aromatic N) is 2. The first-order chi connectivity index (χ1) is 5.66. The number of nitrogens with two attached hydrogens (primary N) is 1. The molecule has 0 aliphatic rings. The van der Waals surface area contributed by atoms with Crippen LogP contribution in [0.2, 0.25) is 0 Å². The predicted octanol–water partition coefficient (Wildman–Crippen LogP) is 0.395. The minimum atomic E-state index is 0.161. The molecule has 0 bridgehead atoms. The zero-order valence-corrected chi connectivity index (χ0v) is 8.06. The number of aryl methyl sites for hydroxylation is 2. The van der Waals surface area contributed by atoms with E-state index in [1.165, 1.54) is 11.8 Å². The van der Waals surface area contributed by atoms with Crippen LogP contribution in [0.5, 0.6) is 0 Å². The first-order valence-electron chi connectivity index (χ1n) is 3.69. The molecule has 12 heavy (non-hydrogen) atoms. The molecule has 1 aromatic heterocycles. The van der Waals surface area contributed by atoms with Gasteiger partial charge in [-0.2, -0.15) is 5.10 Å². The first-order valence-corrected chi connectivity index (χ1v) is 4.68. The summed E-state index contributed by atoms with van der Waals surface area (Å²) in [6.45, 7) is 2.03. The van der Waals surface area contributed by atoms with Crippen LogP contribution in [-0.4, -0.2) is 27.2 Å². The van der Waals surface area contributed by atoms with Gasteiger partial charge >= 0.3 is 0 Å². The number of rotatable bonds is 3. The maximum Gasteiger partial charge on any atom is 0.117 e. The molecule has 3 N–H and O–H groups in total. The lowest BCUT2D eigenvalue weighted by Gasteiger charge is -2.00. The predicted molar refractivity (Wildman–Crippen MR) is 50.2 cm³/mol. The summed E-state index contributed by atoms with van der Waals surface area (Å²) in [5, 5.41) is 13.7. The number of hydrogen-bond donors (Lipinski definition) is 2. The molecule has 5 heteroatoms. The number of aliphatic hydroxyl groups is 1. The SMILES string of the molecule is Cc1nn(C)c(SCCO)c1N. The zero-order valence-electron chi connectivity index (χ0n) is 7.24. The van der Waals surface area contributed by atoms with Crippen LogP contribution in [0.1, 0.15) is 5.69 Å². The topological polar surface area (TPSA) is 64.1 Å². The van der Waals surface area contributed by atoms with Crippen molar-refractivity contribution in [1.29, 1.82) is 0 Å². The van der Waals surface area contributed by atoms with Gasteiger partial charge in [-0.05, 0) is 6.92 Å². The molecule has 0 fully saturated rings. The summed E-state index contributed by atoms with van der Waals surface area (Å²) in [4.78, 5) is 0. The third kappa shape index (κ3) is 1.73. The highest BCUT2D eigenvalue weighted by Crippen LogP contribution is 2.26. The molecule has 1 heterocycles. The smallest absolute Gasteiger partial charge is 0.117 e. The molecule has 0 radical (unpaired) electrons. The van der Waals surface area contributed by atoms with Gasteiger partial charge in [0.25, 0.3) is 0 Å². The van der Waals surface area contributed by atoms with Crippen LogP contribution in [0.4, 0.5) is 5.69 Å². The van der Waals surface area contributed by atoms with Gasteiger partial charge in [0.15, 0.2) is 0 Å². The lowest BCUT2D eigenvalue weighted by Crippen LogP contribution is -1.96. The molecule has 68 valence electrons. The highest BCUT2D eigenvalue weighted by Gasteiger charge is 2.09. The van der Waals surface area contributed by atoms with Crippen molar-refractivity contribution in [2.45, 2.75) is 11.9 Å². The van der Waals surface area contributed by atoms with Crippen molar-refractivity contribution >= 4 is 17.4 Å². The van der Waals surface area contributed by atoms with E-state index in [1.807, 2.05) is 14.0 Å². The summed E-state index contributed by atoms with van der Waals surface area (Å²) in [5.74, 6) is 0.656. The van der Waals surface area contributed by atoms with Crippen LogP contribution in [0.15, 0.2) is 5.03 Å². The normalized spacial score (nSPS) is 10.6. The Labute approximate surface area is 75.8 Å². The second-order valence-electron chi connectivity index (χ2n) is 2.50. The van der Waals surface area contributed by atoms with Gasteiger partial charge in [-0.1, -0.05) is 0 Å². The fraction of sp³-hybridized carbons (Fsp3) is 0.571. The summed E-state index contributed by atoms with van der Waals surface area (Å²) >= 11 is 1.52. The van der Waals surface area contributed by atoms with Gasteiger partial charge in [0, 0.05) is 12.8 Å². The second kappa shape index (κ2) is 3.82. The fourth-order valence-electron chi connectivity index (χ4n) is 0.967. The third-order valence-corrected chi connectivity index (χ3v) is 2.69. The van der Waals surface area contributed by atoms with Crippen molar-refractivity contribution in [3.05, 3.63) is 5.69 Å². The Morgan fingerprint density at radius 3 is 2.75 bits per heavy atom. The molecule has 0 spiro atoms. The van der Waals surface area contributed by atoms with Gasteiger partial charge in [0.05, 0.1) is 18.0 Å². The lowest BCUT2D eigenvalue weighted by molar-refractivity contribution is 0.322. The zero-order chi connectivity index (χ0) is 9.14. The quantitative estimate of drug-likeness (QED) is 0.672. The summed E-state index contributed by atoms with van der Waals surface area (Å²) in [5.41, 5.74) is 7.32. The average Bonchev–Trinajstić information content (AvgIpc) is 2.25. The van der Waals surface area contributed by atoms with Gasteiger partial charge in [-0.25, -0.2) is 0 Å². The minimum Gasteiger partial charge on any atom is -0.396 e. The average molecular weight is 187 g/mol. The monoisotopic (exact) mass is 187 g/mol. The highest BCUT2D eigenvalue weighted by atomic mass is 32.2. The Morgan fingerprint density at radius 2 is 2.33 bits per heavy atom. The van der Waals surface area contributed by atoms with Crippen LogP contribution in [-0.2, 0) is 7.05 Å². The number of aliphatic hydroxyl groups excluding tert-OH is 1. The van der Waals surface area contributed by atoms with Crippen LogP contribution in [0.25, 0.3) is 0 Å². The van der Waals surface area contributed by atoms with E-state index in [0.29, 0.717) is 5.75 Å². The van der Waals surface area contributed by atoms with E-state index in [4.69, 9.17) is 10.8 Å². The van der Waals surface area contributed by atoms with Crippen molar-refractivity contribution in [2.75, 3.05) is 18.1 Å². The molecule has 1 rings (SSSR count). The molecule has 0 saturated heterocycles. The number of aromatic nitrogens is 2. The van der Waals surface area contributed by atoms with Crippen molar-refractivity contribution in [3.8, 4) is 0 Å². The molecule has 0 amide bonds. The van der Waals surface area contributed by atoms with E-state index >= 15 is 0 Å². The van der Waals surface area contributed by atoms with Crippen LogP contribution in [0, 0.1) is 6.92 Å². The maximum atomic E-state index is 8.62. The molecule has 1 aromatic rings. The van der Waals surface area contributed by atoms with Gasteiger partial charge < -0.3 is 10.8 Å².